The number of halogens is 3. The Kier molecular flexibility index (Phi) is 5.03. The van der Waals surface area contributed by atoms with Crippen molar-refractivity contribution in [2.24, 2.45) is 16.9 Å². The minimum atomic E-state index is -4.39. The average Bonchev–Trinajstić information content (AvgIpc) is 2.56. The highest BCUT2D eigenvalue weighted by Crippen LogP contribution is 2.46. The van der Waals surface area contributed by atoms with E-state index in [2.05, 4.69) is 13.8 Å². The lowest BCUT2D eigenvalue weighted by Gasteiger charge is -2.44. The van der Waals surface area contributed by atoms with Crippen LogP contribution in [0.1, 0.15) is 63.5 Å². The van der Waals surface area contributed by atoms with Gasteiger partial charge in [-0.05, 0) is 55.6 Å². The fourth-order valence-electron chi connectivity index (χ4n) is 4.27. The number of anilines is 1. The van der Waals surface area contributed by atoms with E-state index in [9.17, 15) is 13.2 Å². The second-order valence-corrected chi connectivity index (χ2v) is 8.84. The van der Waals surface area contributed by atoms with Gasteiger partial charge in [0.15, 0.2) is 0 Å². The van der Waals surface area contributed by atoms with Gasteiger partial charge in [0.2, 0.25) is 0 Å². The molecular weight excluding hydrogens is 339 g/mol. The first-order valence-corrected chi connectivity index (χ1v) is 9.52. The van der Waals surface area contributed by atoms with Crippen molar-refractivity contribution < 1.29 is 13.2 Å². The molecule has 6 heteroatoms. The molecular formula is C20H30F3N3. The van der Waals surface area contributed by atoms with Crippen LogP contribution >= 0.6 is 0 Å². The molecule has 0 unspecified atom stereocenters. The fraction of sp³-hybridized carbons (Fsp3) is 0.700. The molecule has 0 amide bonds. The van der Waals surface area contributed by atoms with E-state index in [0.29, 0.717) is 37.2 Å². The monoisotopic (exact) mass is 369 g/mol. The summed E-state index contributed by atoms with van der Waals surface area (Å²) in [6.07, 6.45) is 0.115. The molecule has 1 aliphatic carbocycles. The van der Waals surface area contributed by atoms with Crippen molar-refractivity contribution >= 4 is 5.69 Å². The fourth-order valence-corrected chi connectivity index (χ4v) is 4.27. The Morgan fingerprint density at radius 2 is 1.62 bits per heavy atom. The summed E-state index contributed by atoms with van der Waals surface area (Å²) in [6, 6.07) is 4.58. The zero-order chi connectivity index (χ0) is 19.2. The van der Waals surface area contributed by atoms with Crippen molar-refractivity contribution in [3.05, 3.63) is 29.3 Å². The largest absolute Gasteiger partial charge is 0.418 e. The smallest absolute Gasteiger partial charge is 0.371 e. The van der Waals surface area contributed by atoms with Gasteiger partial charge < -0.3 is 16.4 Å². The van der Waals surface area contributed by atoms with E-state index in [-0.39, 0.29) is 11.5 Å². The number of rotatable bonds is 2. The molecule has 1 aromatic carbocycles. The molecule has 0 spiro atoms. The van der Waals surface area contributed by atoms with E-state index < -0.39 is 17.3 Å². The van der Waals surface area contributed by atoms with Crippen molar-refractivity contribution in [2.75, 3.05) is 18.0 Å². The van der Waals surface area contributed by atoms with Gasteiger partial charge in [-0.3, -0.25) is 0 Å². The van der Waals surface area contributed by atoms with Crippen molar-refractivity contribution in [2.45, 2.75) is 70.1 Å². The lowest BCUT2D eigenvalue weighted by Crippen LogP contribution is -2.46. The van der Waals surface area contributed by atoms with E-state index in [1.54, 1.807) is 6.07 Å². The molecule has 146 valence electrons. The van der Waals surface area contributed by atoms with Crippen LogP contribution in [0.3, 0.4) is 0 Å². The van der Waals surface area contributed by atoms with Crippen LogP contribution in [0.15, 0.2) is 18.2 Å². The predicted molar refractivity (Wildman–Crippen MR) is 99.0 cm³/mol. The van der Waals surface area contributed by atoms with Crippen LogP contribution in [-0.2, 0) is 11.7 Å². The van der Waals surface area contributed by atoms with Crippen molar-refractivity contribution in [1.29, 1.82) is 0 Å². The molecule has 0 aromatic heterocycles. The summed E-state index contributed by atoms with van der Waals surface area (Å²) < 4.78 is 41.4. The molecule has 0 bridgehead atoms. The molecule has 26 heavy (non-hydrogen) atoms. The van der Waals surface area contributed by atoms with Crippen LogP contribution in [0.25, 0.3) is 0 Å². The van der Waals surface area contributed by atoms with Crippen LogP contribution in [-0.4, -0.2) is 19.1 Å². The van der Waals surface area contributed by atoms with Crippen LogP contribution in [0.4, 0.5) is 18.9 Å². The first-order chi connectivity index (χ1) is 12.0. The normalized spacial score (nSPS) is 29.7. The van der Waals surface area contributed by atoms with Crippen LogP contribution in [0.5, 0.6) is 0 Å². The number of hydrogen-bond acceptors (Lipinski definition) is 3. The Labute approximate surface area is 153 Å². The number of piperidine rings is 1. The SMILES string of the molecule is CC1(C)CCN(c2c(C(F)(F)F)cccc2C2(N)CCC(N)CC2)CC1. The maximum atomic E-state index is 13.8. The van der Waals surface area contributed by atoms with Crippen molar-refractivity contribution in [3.8, 4) is 0 Å². The summed E-state index contributed by atoms with van der Waals surface area (Å²) in [5.74, 6) is 0. The van der Waals surface area contributed by atoms with Crippen LogP contribution in [0, 0.1) is 5.41 Å². The Morgan fingerprint density at radius 3 is 2.15 bits per heavy atom. The van der Waals surface area contributed by atoms with Crippen LogP contribution < -0.4 is 16.4 Å². The quantitative estimate of drug-likeness (QED) is 0.813. The number of hydrogen-bond donors (Lipinski definition) is 2. The van der Waals surface area contributed by atoms with Crippen LogP contribution in [0.2, 0.25) is 0 Å². The summed E-state index contributed by atoms with van der Waals surface area (Å²) >= 11 is 0. The van der Waals surface area contributed by atoms with Gasteiger partial charge in [0.25, 0.3) is 0 Å². The lowest BCUT2D eigenvalue weighted by atomic mass is 9.74. The second kappa shape index (κ2) is 6.71. The highest BCUT2D eigenvalue weighted by Gasteiger charge is 2.42. The van der Waals surface area contributed by atoms with E-state index in [1.807, 2.05) is 4.90 Å². The molecule has 0 radical (unpaired) electrons. The summed E-state index contributed by atoms with van der Waals surface area (Å²) in [4.78, 5) is 1.91. The molecule has 1 heterocycles. The minimum Gasteiger partial charge on any atom is -0.371 e. The van der Waals surface area contributed by atoms with Gasteiger partial charge in [-0.25, -0.2) is 0 Å². The Bertz CT molecular complexity index is 636. The molecule has 1 aromatic rings. The minimum absolute atomic E-state index is 0.0942. The van der Waals surface area contributed by atoms with Gasteiger partial charge in [0, 0.05) is 24.7 Å². The Hall–Kier alpha value is -1.27. The first kappa shape index (κ1) is 19.5. The molecule has 1 saturated carbocycles. The number of nitrogens with two attached hydrogens (primary N) is 2. The van der Waals surface area contributed by atoms with Gasteiger partial charge >= 0.3 is 6.18 Å². The molecule has 3 rings (SSSR count). The number of para-hydroxylation sites is 1. The second-order valence-electron chi connectivity index (χ2n) is 8.84. The molecule has 2 fully saturated rings. The standard InChI is InChI=1S/C20H30F3N3/c1-18(2)10-12-26(13-11-18)17-15(4-3-5-16(17)20(21,22)23)19(25)8-6-14(24)7-9-19/h3-5,14H,6-13,24-25H2,1-2H3. The molecule has 1 aliphatic heterocycles. The third kappa shape index (κ3) is 3.86. The third-order valence-electron chi connectivity index (χ3n) is 6.23. The summed E-state index contributed by atoms with van der Waals surface area (Å²) in [5.41, 5.74) is 12.5. The highest BCUT2D eigenvalue weighted by molar-refractivity contribution is 5.63. The zero-order valence-corrected chi connectivity index (χ0v) is 15.7. The topological polar surface area (TPSA) is 55.3 Å². The Morgan fingerprint density at radius 1 is 1.04 bits per heavy atom. The van der Waals surface area contributed by atoms with E-state index >= 15 is 0 Å². The maximum absolute atomic E-state index is 13.8. The Balaban J connectivity index is 2.05. The third-order valence-corrected chi connectivity index (χ3v) is 6.23. The van der Waals surface area contributed by atoms with Crippen molar-refractivity contribution in [3.63, 3.8) is 0 Å². The molecule has 1 saturated heterocycles. The molecule has 2 aliphatic rings. The summed E-state index contributed by atoms with van der Waals surface area (Å²) in [6.45, 7) is 5.60. The zero-order valence-electron chi connectivity index (χ0n) is 15.7. The van der Waals surface area contributed by atoms with Gasteiger partial charge in [0.05, 0.1) is 11.3 Å². The van der Waals surface area contributed by atoms with E-state index in [4.69, 9.17) is 11.5 Å². The molecule has 4 N–H and O–H groups in total. The maximum Gasteiger partial charge on any atom is 0.418 e. The summed E-state index contributed by atoms with van der Waals surface area (Å²) in [5, 5.41) is 0. The first-order valence-electron chi connectivity index (χ1n) is 9.52. The van der Waals surface area contributed by atoms with E-state index in [0.717, 1.165) is 25.7 Å². The number of alkyl halides is 3. The highest BCUT2D eigenvalue weighted by atomic mass is 19.4. The van der Waals surface area contributed by atoms with E-state index in [1.165, 1.54) is 12.1 Å². The number of benzene rings is 1. The summed E-state index contributed by atoms with van der Waals surface area (Å²) in [7, 11) is 0. The number of nitrogens with zero attached hydrogens (tertiary/aromatic N) is 1. The average molecular weight is 369 g/mol. The van der Waals surface area contributed by atoms with Gasteiger partial charge in [-0.15, -0.1) is 0 Å². The van der Waals surface area contributed by atoms with Gasteiger partial charge in [-0.2, -0.15) is 13.2 Å². The van der Waals surface area contributed by atoms with Crippen molar-refractivity contribution in [1.82, 2.24) is 0 Å². The molecule has 3 nitrogen and oxygen atoms in total. The lowest BCUT2D eigenvalue weighted by molar-refractivity contribution is -0.137. The molecule has 0 atom stereocenters. The predicted octanol–water partition coefficient (Wildman–Crippen LogP) is 4.39. The van der Waals surface area contributed by atoms with Gasteiger partial charge in [0.1, 0.15) is 0 Å². The van der Waals surface area contributed by atoms with Gasteiger partial charge in [-0.1, -0.05) is 26.0 Å².